The van der Waals surface area contributed by atoms with E-state index < -0.39 is 5.97 Å². The van der Waals surface area contributed by atoms with Crippen molar-refractivity contribution in [3.63, 3.8) is 0 Å². The number of alkyl carbamates (subject to hydrolysis) is 1. The first kappa shape index (κ1) is 26.9. The number of piperidine rings is 1. The van der Waals surface area contributed by atoms with Gasteiger partial charge in [0.05, 0.1) is 18.7 Å². The number of nitrogens with two attached hydrogens (primary N) is 1. The second-order valence-corrected chi connectivity index (χ2v) is 7.14. The van der Waals surface area contributed by atoms with Crippen LogP contribution < -0.4 is 16.4 Å². The van der Waals surface area contributed by atoms with E-state index in [1.807, 2.05) is 18.7 Å². The Hall–Kier alpha value is -2.11. The summed E-state index contributed by atoms with van der Waals surface area (Å²) in [5, 5.41) is 21.3. The third-order valence-corrected chi connectivity index (χ3v) is 3.95. The molecule has 0 spiro atoms. The number of aliphatic hydroxyl groups is 1. The van der Waals surface area contributed by atoms with Gasteiger partial charge >= 0.3 is 12.2 Å². The zero-order valence-corrected chi connectivity index (χ0v) is 17.7. The van der Waals surface area contributed by atoms with Crippen LogP contribution in [0, 0.1) is 0 Å². The van der Waals surface area contributed by atoms with Gasteiger partial charge in [0, 0.05) is 19.0 Å². The SMILES string of the molecule is CC(=O)O.C[C@@H](N)CO.C[C@@H]1COC(=O)N1.C[C@@H]1COC(=O)N1C1CCNCC1. The van der Waals surface area contributed by atoms with E-state index in [-0.39, 0.29) is 36.9 Å². The lowest BCUT2D eigenvalue weighted by atomic mass is 10.0. The molecule has 170 valence electrons. The second-order valence-electron chi connectivity index (χ2n) is 7.14. The summed E-state index contributed by atoms with van der Waals surface area (Å²) < 4.78 is 9.51. The van der Waals surface area contributed by atoms with Crippen molar-refractivity contribution in [1.82, 2.24) is 15.5 Å². The minimum Gasteiger partial charge on any atom is -0.481 e. The Bertz CT molecular complexity index is 495. The molecule has 0 unspecified atom stereocenters. The van der Waals surface area contributed by atoms with Crippen LogP contribution in [0.25, 0.3) is 0 Å². The van der Waals surface area contributed by atoms with E-state index in [0.717, 1.165) is 32.9 Å². The zero-order valence-electron chi connectivity index (χ0n) is 17.7. The first-order valence-corrected chi connectivity index (χ1v) is 9.73. The number of nitrogens with one attached hydrogen (secondary N) is 2. The fourth-order valence-electron chi connectivity index (χ4n) is 2.61. The Balaban J connectivity index is 0.000000414. The number of aliphatic carboxylic acids is 1. The van der Waals surface area contributed by atoms with Crippen molar-refractivity contribution in [2.24, 2.45) is 5.73 Å². The number of hydrogen-bond donors (Lipinski definition) is 5. The molecule has 3 atom stereocenters. The molecule has 0 aromatic heterocycles. The van der Waals surface area contributed by atoms with Crippen molar-refractivity contribution < 1.29 is 34.1 Å². The molecule has 3 aliphatic rings. The van der Waals surface area contributed by atoms with E-state index in [1.54, 1.807) is 6.92 Å². The predicted octanol–water partition coefficient (Wildman–Crippen LogP) is 0.111. The van der Waals surface area contributed by atoms with Crippen LogP contribution in [-0.4, -0.2) is 90.3 Å². The molecule has 11 nitrogen and oxygen atoms in total. The van der Waals surface area contributed by atoms with Gasteiger partial charge in [0.25, 0.3) is 5.97 Å². The number of nitrogens with zero attached hydrogens (tertiary/aromatic N) is 1. The molecule has 0 radical (unpaired) electrons. The van der Waals surface area contributed by atoms with Crippen molar-refractivity contribution in [3.8, 4) is 0 Å². The number of carbonyl (C=O) groups excluding carboxylic acids is 2. The van der Waals surface area contributed by atoms with Crippen LogP contribution in [0.5, 0.6) is 0 Å². The van der Waals surface area contributed by atoms with Gasteiger partial charge in [-0.05, 0) is 46.7 Å². The highest BCUT2D eigenvalue weighted by atomic mass is 16.6. The number of ether oxygens (including phenoxy) is 2. The van der Waals surface area contributed by atoms with E-state index in [0.29, 0.717) is 19.3 Å². The van der Waals surface area contributed by atoms with Gasteiger partial charge in [-0.15, -0.1) is 0 Å². The Kier molecular flexibility index (Phi) is 13.7. The molecule has 11 heteroatoms. The summed E-state index contributed by atoms with van der Waals surface area (Å²) in [5.41, 5.74) is 5.04. The van der Waals surface area contributed by atoms with Gasteiger partial charge in [-0.3, -0.25) is 9.69 Å². The van der Waals surface area contributed by atoms with Gasteiger partial charge in [0.15, 0.2) is 0 Å². The number of carboxylic acids is 1. The molecule has 0 aromatic rings. The maximum atomic E-state index is 11.4. The molecule has 3 saturated heterocycles. The Morgan fingerprint density at radius 1 is 1.24 bits per heavy atom. The number of cyclic esters (lactones) is 2. The zero-order chi connectivity index (χ0) is 22.4. The topological polar surface area (TPSA) is 163 Å². The molecule has 0 bridgehead atoms. The third-order valence-electron chi connectivity index (χ3n) is 3.95. The Morgan fingerprint density at radius 2 is 1.76 bits per heavy atom. The summed E-state index contributed by atoms with van der Waals surface area (Å²) in [4.78, 5) is 32.4. The molecule has 3 heterocycles. The number of carboxylic acid groups (broad SMARTS) is 1. The maximum Gasteiger partial charge on any atom is 0.410 e. The van der Waals surface area contributed by atoms with Gasteiger partial charge in [-0.2, -0.15) is 0 Å². The number of carbonyl (C=O) groups is 3. The van der Waals surface area contributed by atoms with Crippen molar-refractivity contribution in [2.45, 2.75) is 64.7 Å². The van der Waals surface area contributed by atoms with E-state index in [2.05, 4.69) is 15.4 Å². The summed E-state index contributed by atoms with van der Waals surface area (Å²) in [6.07, 6.45) is 1.69. The van der Waals surface area contributed by atoms with Crippen molar-refractivity contribution in [2.75, 3.05) is 32.9 Å². The molecular formula is C18H36N4O7. The molecule has 3 fully saturated rings. The van der Waals surface area contributed by atoms with Gasteiger partial charge in [0.1, 0.15) is 13.2 Å². The first-order chi connectivity index (χ1) is 13.6. The quantitative estimate of drug-likeness (QED) is 0.417. The fourth-order valence-corrected chi connectivity index (χ4v) is 2.61. The Labute approximate surface area is 171 Å². The smallest absolute Gasteiger partial charge is 0.410 e. The number of aliphatic hydroxyl groups excluding tert-OH is 1. The molecule has 2 amide bonds. The lowest BCUT2D eigenvalue weighted by Crippen LogP contribution is -2.46. The lowest BCUT2D eigenvalue weighted by molar-refractivity contribution is -0.134. The summed E-state index contributed by atoms with van der Waals surface area (Å²) in [6.45, 7) is 9.96. The highest BCUT2D eigenvalue weighted by Crippen LogP contribution is 2.20. The van der Waals surface area contributed by atoms with Crippen molar-refractivity contribution >= 4 is 18.2 Å². The molecule has 3 rings (SSSR count). The van der Waals surface area contributed by atoms with Gasteiger partial charge in [-0.1, -0.05) is 0 Å². The van der Waals surface area contributed by atoms with Crippen molar-refractivity contribution in [1.29, 1.82) is 0 Å². The van der Waals surface area contributed by atoms with Crippen molar-refractivity contribution in [3.05, 3.63) is 0 Å². The molecule has 6 N–H and O–H groups in total. The summed E-state index contributed by atoms with van der Waals surface area (Å²) >= 11 is 0. The maximum absolute atomic E-state index is 11.4. The van der Waals surface area contributed by atoms with E-state index in [9.17, 15) is 9.59 Å². The van der Waals surface area contributed by atoms with Crippen LogP contribution in [0.15, 0.2) is 0 Å². The minimum atomic E-state index is -0.833. The highest BCUT2D eigenvalue weighted by molar-refractivity contribution is 5.70. The average molecular weight is 421 g/mol. The Morgan fingerprint density at radius 3 is 2.03 bits per heavy atom. The molecule has 3 aliphatic heterocycles. The van der Waals surface area contributed by atoms with E-state index >= 15 is 0 Å². The summed E-state index contributed by atoms with van der Waals surface area (Å²) in [6, 6.07) is 0.796. The fraction of sp³-hybridized carbons (Fsp3) is 0.833. The summed E-state index contributed by atoms with van der Waals surface area (Å²) in [5.74, 6) is -0.833. The van der Waals surface area contributed by atoms with Crippen LogP contribution in [0.2, 0.25) is 0 Å². The van der Waals surface area contributed by atoms with Gasteiger partial charge in [0.2, 0.25) is 0 Å². The van der Waals surface area contributed by atoms with Gasteiger partial charge in [-0.25, -0.2) is 9.59 Å². The number of hydrogen-bond acceptors (Lipinski definition) is 8. The molecule has 29 heavy (non-hydrogen) atoms. The normalized spacial score (nSPS) is 24.3. The first-order valence-electron chi connectivity index (χ1n) is 9.73. The summed E-state index contributed by atoms with van der Waals surface area (Å²) in [7, 11) is 0. The van der Waals surface area contributed by atoms with Crippen LogP contribution in [-0.2, 0) is 14.3 Å². The lowest BCUT2D eigenvalue weighted by Gasteiger charge is -2.32. The predicted molar refractivity (Wildman–Crippen MR) is 107 cm³/mol. The van der Waals surface area contributed by atoms with Crippen LogP contribution in [0.4, 0.5) is 9.59 Å². The molecule has 0 saturated carbocycles. The van der Waals surface area contributed by atoms with Gasteiger partial charge < -0.3 is 36.1 Å². The monoisotopic (exact) mass is 420 g/mol. The van der Waals surface area contributed by atoms with Crippen LogP contribution in [0.3, 0.4) is 0 Å². The molecule has 0 aliphatic carbocycles. The average Bonchev–Trinajstić information content (AvgIpc) is 3.20. The number of amides is 2. The standard InChI is InChI=1S/C9H16N2O2.C4H7NO2.C3H9NO.C2H4O2/c1-7-6-13-9(12)11(7)8-2-4-10-5-3-8;1-3-2-7-4(6)5-3;1-3(4)2-5;1-2(3)4/h7-8,10H,2-6H2,1H3;3H,2H2,1H3,(H,5,6);3,5H,2,4H2,1H3;1H3,(H,3,4)/t7-;2*3-;/m111./s1. The van der Waals surface area contributed by atoms with E-state index in [4.69, 9.17) is 25.5 Å². The van der Waals surface area contributed by atoms with Crippen LogP contribution >= 0.6 is 0 Å². The number of rotatable bonds is 2. The molecular weight excluding hydrogens is 384 g/mol. The van der Waals surface area contributed by atoms with E-state index in [1.165, 1.54) is 0 Å². The second kappa shape index (κ2) is 14.8. The molecule has 0 aromatic carbocycles. The largest absolute Gasteiger partial charge is 0.481 e. The van der Waals surface area contributed by atoms with Crippen LogP contribution in [0.1, 0.15) is 40.5 Å². The minimum absolute atomic E-state index is 0.0602. The highest BCUT2D eigenvalue weighted by Gasteiger charge is 2.35. The third kappa shape index (κ3) is 12.9.